The minimum atomic E-state index is -0.326. The van der Waals surface area contributed by atoms with Crippen LogP contribution in [0.15, 0.2) is 11.6 Å². The van der Waals surface area contributed by atoms with E-state index in [1.807, 2.05) is 6.08 Å². The predicted octanol–water partition coefficient (Wildman–Crippen LogP) is 2.32. The summed E-state index contributed by atoms with van der Waals surface area (Å²) in [6.45, 7) is 4.51. The van der Waals surface area contributed by atoms with Gasteiger partial charge in [0.1, 0.15) is 0 Å². The van der Waals surface area contributed by atoms with Crippen LogP contribution >= 0.6 is 0 Å². The van der Waals surface area contributed by atoms with Crippen LogP contribution in [0.1, 0.15) is 46.0 Å². The molecule has 4 bridgehead atoms. The molecule has 3 unspecified atom stereocenters. The summed E-state index contributed by atoms with van der Waals surface area (Å²) in [5.41, 5.74) is 1.24. The van der Waals surface area contributed by atoms with Crippen LogP contribution in [-0.4, -0.2) is 28.2 Å². The second-order valence-corrected chi connectivity index (χ2v) is 9.18. The van der Waals surface area contributed by atoms with Crippen LogP contribution in [-0.2, 0) is 4.79 Å². The minimum Gasteiger partial charge on any atom is -0.393 e. The van der Waals surface area contributed by atoms with Crippen molar-refractivity contribution in [1.82, 2.24) is 0 Å². The van der Waals surface area contributed by atoms with Crippen LogP contribution in [0.5, 0.6) is 0 Å². The monoisotopic (exact) mass is 302 g/mol. The highest BCUT2D eigenvalue weighted by Gasteiger charge is 2.72. The van der Waals surface area contributed by atoms with E-state index < -0.39 is 0 Å². The van der Waals surface area contributed by atoms with Crippen LogP contribution in [0.25, 0.3) is 0 Å². The van der Waals surface area contributed by atoms with Crippen molar-refractivity contribution in [3.63, 3.8) is 0 Å². The summed E-state index contributed by atoms with van der Waals surface area (Å²) in [6, 6.07) is 0. The number of fused-ring (bicyclic) bond motifs is 4. The van der Waals surface area contributed by atoms with Crippen LogP contribution in [0.3, 0.4) is 0 Å². The molecule has 0 radical (unpaired) electrons. The average Bonchev–Trinajstić information content (AvgIpc) is 2.90. The van der Waals surface area contributed by atoms with Crippen molar-refractivity contribution < 1.29 is 15.0 Å². The molecule has 0 spiro atoms. The smallest absolute Gasteiger partial charge is 0.155 e. The van der Waals surface area contributed by atoms with Crippen molar-refractivity contribution in [2.24, 2.45) is 40.4 Å². The molecule has 5 aliphatic carbocycles. The second kappa shape index (κ2) is 3.87. The highest BCUT2D eigenvalue weighted by atomic mass is 16.3. The Balaban J connectivity index is 1.64. The highest BCUT2D eigenvalue weighted by molar-refractivity contribution is 5.92. The molecule has 0 aliphatic heterocycles. The Kier molecular flexibility index (Phi) is 2.41. The molecule has 0 saturated heterocycles. The van der Waals surface area contributed by atoms with Gasteiger partial charge < -0.3 is 10.2 Å². The fourth-order valence-electron chi connectivity index (χ4n) is 7.82. The molecule has 2 N–H and O–H groups in total. The first-order valence-corrected chi connectivity index (χ1v) is 8.97. The van der Waals surface area contributed by atoms with Crippen LogP contribution in [0, 0.1) is 40.4 Å². The fourth-order valence-corrected chi connectivity index (χ4v) is 7.82. The van der Waals surface area contributed by atoms with E-state index in [9.17, 15) is 15.0 Å². The Morgan fingerprint density at radius 1 is 1.14 bits per heavy atom. The zero-order valence-corrected chi connectivity index (χ0v) is 13.5. The van der Waals surface area contributed by atoms with Gasteiger partial charge in [0.15, 0.2) is 5.78 Å². The minimum absolute atomic E-state index is 0.0392. The summed E-state index contributed by atoms with van der Waals surface area (Å²) in [6.07, 6.45) is 5.76. The Bertz CT molecular complexity index is 595. The van der Waals surface area contributed by atoms with Gasteiger partial charge in [0.2, 0.25) is 0 Å². The van der Waals surface area contributed by atoms with E-state index in [2.05, 4.69) is 13.8 Å². The molecule has 0 heterocycles. The first-order chi connectivity index (χ1) is 10.4. The molecule has 5 aliphatic rings. The molecule has 4 fully saturated rings. The summed E-state index contributed by atoms with van der Waals surface area (Å²) in [7, 11) is 0. The van der Waals surface area contributed by atoms with E-state index in [0.29, 0.717) is 41.8 Å². The van der Waals surface area contributed by atoms with Crippen molar-refractivity contribution in [3.05, 3.63) is 11.6 Å². The summed E-state index contributed by atoms with van der Waals surface area (Å²) >= 11 is 0. The number of ketones is 1. The molecule has 120 valence electrons. The highest BCUT2D eigenvalue weighted by Crippen LogP contribution is 2.75. The number of carbonyl (C=O) groups excluding carboxylic acids is 1. The van der Waals surface area contributed by atoms with Gasteiger partial charge in [-0.2, -0.15) is 0 Å². The predicted molar refractivity (Wildman–Crippen MR) is 81.9 cm³/mol. The average molecular weight is 302 g/mol. The van der Waals surface area contributed by atoms with Gasteiger partial charge in [-0.05, 0) is 72.2 Å². The Hall–Kier alpha value is -0.670. The summed E-state index contributed by atoms with van der Waals surface area (Å²) in [5, 5.41) is 21.5. The number of rotatable bonds is 0. The van der Waals surface area contributed by atoms with Gasteiger partial charge in [-0.15, -0.1) is 0 Å². The van der Waals surface area contributed by atoms with Crippen LogP contribution in [0.2, 0.25) is 0 Å². The Morgan fingerprint density at radius 3 is 2.68 bits per heavy atom. The normalized spacial score (nSPS) is 61.9. The van der Waals surface area contributed by atoms with Crippen molar-refractivity contribution in [2.45, 2.75) is 58.2 Å². The van der Waals surface area contributed by atoms with Gasteiger partial charge in [-0.25, -0.2) is 0 Å². The molecular formula is C19H26O3. The quantitative estimate of drug-likeness (QED) is 0.722. The summed E-state index contributed by atoms with van der Waals surface area (Å²) in [5.74, 6) is 2.62. The second-order valence-electron chi connectivity index (χ2n) is 9.18. The summed E-state index contributed by atoms with van der Waals surface area (Å²) < 4.78 is 0. The Morgan fingerprint density at radius 2 is 1.91 bits per heavy atom. The van der Waals surface area contributed by atoms with Gasteiger partial charge in [0, 0.05) is 6.42 Å². The van der Waals surface area contributed by atoms with Crippen molar-refractivity contribution in [1.29, 1.82) is 0 Å². The zero-order valence-electron chi connectivity index (χ0n) is 13.5. The Labute approximate surface area is 131 Å². The maximum absolute atomic E-state index is 12.0. The standard InChI is InChI=1S/C19H26O3/c1-18-8-14(21)17-16(12(18)3-4-15(18)22)11-6-9-5-10(20)7-13(11)19(9,17)2/h5,11-17,21-22H,3-4,6-8H2,1-2H3/t11?,12-,13?,14?,15-,16-,17-,18-,19+/m0/s1. The molecule has 4 saturated carbocycles. The molecule has 9 atom stereocenters. The molecule has 0 aromatic heterocycles. The maximum Gasteiger partial charge on any atom is 0.155 e. The zero-order chi connectivity index (χ0) is 15.4. The van der Waals surface area contributed by atoms with Gasteiger partial charge in [0.05, 0.1) is 12.2 Å². The molecule has 0 amide bonds. The van der Waals surface area contributed by atoms with Gasteiger partial charge in [0.25, 0.3) is 0 Å². The number of hydrogen-bond acceptors (Lipinski definition) is 3. The number of aliphatic hydroxyl groups excluding tert-OH is 2. The number of carbonyl (C=O) groups is 1. The van der Waals surface area contributed by atoms with E-state index in [1.54, 1.807) is 0 Å². The van der Waals surface area contributed by atoms with Gasteiger partial charge >= 0.3 is 0 Å². The lowest BCUT2D eigenvalue weighted by Gasteiger charge is -2.54. The summed E-state index contributed by atoms with van der Waals surface area (Å²) in [4.78, 5) is 12.0. The maximum atomic E-state index is 12.0. The van der Waals surface area contributed by atoms with Crippen molar-refractivity contribution in [3.8, 4) is 0 Å². The lowest BCUT2D eigenvalue weighted by Crippen LogP contribution is -2.54. The fraction of sp³-hybridized carbons (Fsp3) is 0.842. The molecule has 5 rings (SSSR count). The van der Waals surface area contributed by atoms with Crippen molar-refractivity contribution >= 4 is 5.78 Å². The van der Waals surface area contributed by atoms with E-state index in [4.69, 9.17) is 0 Å². The largest absolute Gasteiger partial charge is 0.393 e. The molecule has 22 heavy (non-hydrogen) atoms. The third-order valence-electron chi connectivity index (χ3n) is 8.68. The topological polar surface area (TPSA) is 57.5 Å². The van der Waals surface area contributed by atoms with Gasteiger partial charge in [-0.3, -0.25) is 4.79 Å². The van der Waals surface area contributed by atoms with E-state index >= 15 is 0 Å². The first kappa shape index (κ1) is 13.7. The van der Waals surface area contributed by atoms with Gasteiger partial charge in [-0.1, -0.05) is 19.4 Å². The van der Waals surface area contributed by atoms with Crippen molar-refractivity contribution in [2.75, 3.05) is 0 Å². The van der Waals surface area contributed by atoms with E-state index in [0.717, 1.165) is 25.7 Å². The molecule has 0 aromatic carbocycles. The molecule has 3 heteroatoms. The van der Waals surface area contributed by atoms with Crippen LogP contribution < -0.4 is 0 Å². The molecule has 0 aromatic rings. The SMILES string of the molecule is C[C@]12CC(O)[C@H]3[C@@H](C4CC5=CC(=O)CC4[C@@]53C)[C@@H]1CC[C@@H]2O. The number of allylic oxidation sites excluding steroid dienone is 1. The van der Waals surface area contributed by atoms with E-state index in [-0.39, 0.29) is 23.0 Å². The number of aliphatic hydroxyl groups is 2. The lowest BCUT2D eigenvalue weighted by atomic mass is 9.52. The van der Waals surface area contributed by atoms with Crippen LogP contribution in [0.4, 0.5) is 0 Å². The third kappa shape index (κ3) is 1.28. The molecule has 3 nitrogen and oxygen atoms in total. The molecular weight excluding hydrogens is 276 g/mol. The third-order valence-corrected chi connectivity index (χ3v) is 8.68. The lowest BCUT2D eigenvalue weighted by molar-refractivity contribution is -0.122. The first-order valence-electron chi connectivity index (χ1n) is 8.97. The number of hydrogen-bond donors (Lipinski definition) is 2. The van der Waals surface area contributed by atoms with E-state index in [1.165, 1.54) is 5.57 Å².